The van der Waals surface area contributed by atoms with Crippen LogP contribution in [0.3, 0.4) is 0 Å². The first-order chi connectivity index (χ1) is 13.5. The third kappa shape index (κ3) is 3.45. The lowest BCUT2D eigenvalue weighted by Gasteiger charge is -2.14. The molecule has 0 aliphatic carbocycles. The molecule has 0 radical (unpaired) electrons. The second-order valence-corrected chi connectivity index (χ2v) is 6.34. The molecule has 0 aliphatic heterocycles. The van der Waals surface area contributed by atoms with Gasteiger partial charge in [-0.05, 0) is 31.5 Å². The van der Waals surface area contributed by atoms with Gasteiger partial charge in [0, 0.05) is 19.8 Å². The predicted octanol–water partition coefficient (Wildman–Crippen LogP) is 2.13. The summed E-state index contributed by atoms with van der Waals surface area (Å²) in [6.07, 6.45) is 3.21. The first-order valence-corrected chi connectivity index (χ1v) is 9.22. The van der Waals surface area contributed by atoms with Gasteiger partial charge in [0.2, 0.25) is 0 Å². The number of unbranched alkanes of at least 4 members (excludes halogenated alkanes) is 1. The van der Waals surface area contributed by atoms with E-state index in [9.17, 15) is 14.4 Å². The minimum atomic E-state index is -0.634. The van der Waals surface area contributed by atoms with Crippen molar-refractivity contribution in [1.82, 2.24) is 19.1 Å². The molecule has 0 aromatic carbocycles. The SMILES string of the molecule is CCCCn1c(=O)n(C)c(=O)c2c(C(=O)OCC)cc(-c3ccccn3)nc21. The number of rotatable bonds is 6. The Hall–Kier alpha value is -3.29. The van der Waals surface area contributed by atoms with Gasteiger partial charge in [-0.1, -0.05) is 19.4 Å². The highest BCUT2D eigenvalue weighted by Crippen LogP contribution is 2.22. The van der Waals surface area contributed by atoms with Gasteiger partial charge >= 0.3 is 11.7 Å². The van der Waals surface area contributed by atoms with Crippen molar-refractivity contribution in [3.05, 3.63) is 56.9 Å². The van der Waals surface area contributed by atoms with Crippen LogP contribution < -0.4 is 11.2 Å². The van der Waals surface area contributed by atoms with Crippen molar-refractivity contribution in [2.75, 3.05) is 6.61 Å². The summed E-state index contributed by atoms with van der Waals surface area (Å²) in [7, 11) is 1.40. The van der Waals surface area contributed by atoms with Crippen LogP contribution in [0.25, 0.3) is 22.4 Å². The molecular weight excluding hydrogens is 360 g/mol. The van der Waals surface area contributed by atoms with Crippen molar-refractivity contribution in [3.63, 3.8) is 0 Å². The van der Waals surface area contributed by atoms with Crippen LogP contribution in [0.1, 0.15) is 37.0 Å². The number of nitrogens with zero attached hydrogens (tertiary/aromatic N) is 4. The Kier molecular flexibility index (Phi) is 5.67. The molecule has 0 bridgehead atoms. The smallest absolute Gasteiger partial charge is 0.339 e. The molecule has 0 unspecified atom stereocenters. The lowest BCUT2D eigenvalue weighted by molar-refractivity contribution is 0.0528. The largest absolute Gasteiger partial charge is 0.462 e. The summed E-state index contributed by atoms with van der Waals surface area (Å²) in [6.45, 7) is 4.25. The van der Waals surface area contributed by atoms with E-state index in [1.54, 1.807) is 31.3 Å². The Morgan fingerprint density at radius 1 is 1.18 bits per heavy atom. The number of hydrogen-bond acceptors (Lipinski definition) is 6. The number of aryl methyl sites for hydroxylation is 1. The first kappa shape index (κ1) is 19.5. The molecule has 3 heterocycles. The highest BCUT2D eigenvalue weighted by atomic mass is 16.5. The molecule has 0 amide bonds. The van der Waals surface area contributed by atoms with Crippen LogP contribution in [0.5, 0.6) is 0 Å². The van der Waals surface area contributed by atoms with Crippen LogP contribution in [0.15, 0.2) is 40.1 Å². The molecule has 0 fully saturated rings. The van der Waals surface area contributed by atoms with Crippen molar-refractivity contribution in [3.8, 4) is 11.4 Å². The van der Waals surface area contributed by atoms with Gasteiger partial charge in [0.05, 0.1) is 28.9 Å². The molecule has 0 N–H and O–H groups in total. The molecule has 28 heavy (non-hydrogen) atoms. The van der Waals surface area contributed by atoms with E-state index in [4.69, 9.17) is 4.74 Å². The molecular formula is C20H22N4O4. The topological polar surface area (TPSA) is 96.1 Å². The Labute approximate surface area is 161 Å². The minimum absolute atomic E-state index is 0.0799. The van der Waals surface area contributed by atoms with Crippen LogP contribution in [0.2, 0.25) is 0 Å². The van der Waals surface area contributed by atoms with Crippen molar-refractivity contribution in [2.45, 2.75) is 33.2 Å². The molecule has 8 nitrogen and oxygen atoms in total. The van der Waals surface area contributed by atoms with Crippen LogP contribution in [0.4, 0.5) is 0 Å². The summed E-state index contributed by atoms with van der Waals surface area (Å²) < 4.78 is 7.59. The van der Waals surface area contributed by atoms with Crippen LogP contribution in [0, 0.1) is 0 Å². The fraction of sp³-hybridized carbons (Fsp3) is 0.350. The molecule has 0 atom stereocenters. The lowest BCUT2D eigenvalue weighted by atomic mass is 10.1. The Morgan fingerprint density at radius 3 is 2.61 bits per heavy atom. The van der Waals surface area contributed by atoms with E-state index in [-0.39, 0.29) is 23.2 Å². The van der Waals surface area contributed by atoms with E-state index in [0.29, 0.717) is 17.9 Å². The zero-order chi connectivity index (χ0) is 20.3. The minimum Gasteiger partial charge on any atom is -0.462 e. The maximum atomic E-state index is 12.8. The molecule has 0 aliphatic rings. The van der Waals surface area contributed by atoms with Gasteiger partial charge < -0.3 is 4.74 Å². The zero-order valence-corrected chi connectivity index (χ0v) is 16.1. The van der Waals surface area contributed by atoms with Crippen LogP contribution in [-0.4, -0.2) is 31.7 Å². The normalized spacial score (nSPS) is 11.0. The molecule has 3 aromatic rings. The summed E-state index contributed by atoms with van der Waals surface area (Å²) >= 11 is 0. The number of pyridine rings is 2. The van der Waals surface area contributed by atoms with Gasteiger partial charge in [0.1, 0.15) is 0 Å². The summed E-state index contributed by atoms with van der Waals surface area (Å²) in [5.41, 5.74) is 0.146. The third-order valence-corrected chi connectivity index (χ3v) is 4.45. The molecule has 3 rings (SSSR count). The van der Waals surface area contributed by atoms with Crippen LogP contribution in [-0.2, 0) is 18.3 Å². The first-order valence-electron chi connectivity index (χ1n) is 9.22. The van der Waals surface area contributed by atoms with Gasteiger partial charge in [-0.3, -0.25) is 18.9 Å². The van der Waals surface area contributed by atoms with Gasteiger partial charge in [0.15, 0.2) is 5.65 Å². The number of esters is 1. The molecule has 0 saturated heterocycles. The Bertz CT molecular complexity index is 1130. The van der Waals surface area contributed by atoms with Gasteiger partial charge in [0.25, 0.3) is 5.56 Å². The number of carbonyl (C=O) groups excluding carboxylic acids is 1. The summed E-state index contributed by atoms with van der Waals surface area (Å²) in [6, 6.07) is 6.81. The second kappa shape index (κ2) is 8.16. The average Bonchev–Trinajstić information content (AvgIpc) is 2.72. The molecule has 3 aromatic heterocycles. The van der Waals surface area contributed by atoms with E-state index < -0.39 is 17.2 Å². The van der Waals surface area contributed by atoms with Crippen molar-refractivity contribution >= 4 is 17.0 Å². The number of fused-ring (bicyclic) bond motifs is 1. The van der Waals surface area contributed by atoms with Crippen molar-refractivity contribution in [1.29, 1.82) is 0 Å². The van der Waals surface area contributed by atoms with Crippen LogP contribution >= 0.6 is 0 Å². The molecule has 8 heteroatoms. The van der Waals surface area contributed by atoms with Crippen molar-refractivity contribution < 1.29 is 9.53 Å². The molecule has 0 saturated carbocycles. The number of hydrogen-bond donors (Lipinski definition) is 0. The molecule has 0 spiro atoms. The fourth-order valence-corrected chi connectivity index (χ4v) is 3.00. The second-order valence-electron chi connectivity index (χ2n) is 6.34. The Morgan fingerprint density at radius 2 is 1.96 bits per heavy atom. The number of ether oxygens (including phenoxy) is 1. The number of carbonyl (C=O) groups is 1. The summed E-state index contributed by atoms with van der Waals surface area (Å²) in [4.78, 5) is 47.0. The molecule has 146 valence electrons. The average molecular weight is 382 g/mol. The highest BCUT2D eigenvalue weighted by Gasteiger charge is 2.22. The van der Waals surface area contributed by atoms with Crippen molar-refractivity contribution in [2.24, 2.45) is 7.05 Å². The number of aromatic nitrogens is 4. The third-order valence-electron chi connectivity index (χ3n) is 4.45. The van der Waals surface area contributed by atoms with E-state index in [2.05, 4.69) is 9.97 Å². The highest BCUT2D eigenvalue weighted by molar-refractivity contribution is 6.03. The lowest BCUT2D eigenvalue weighted by Crippen LogP contribution is -2.39. The maximum absolute atomic E-state index is 12.8. The standard InChI is InChI=1S/C20H22N4O4/c1-4-6-11-24-17-16(18(25)23(3)20(24)27)13(19(26)28-5-2)12-15(22-17)14-9-7-8-10-21-14/h7-10,12H,4-6,11H2,1-3H3. The maximum Gasteiger partial charge on any atom is 0.339 e. The van der Waals surface area contributed by atoms with Gasteiger partial charge in [-0.25, -0.2) is 14.6 Å². The zero-order valence-electron chi connectivity index (χ0n) is 16.1. The van der Waals surface area contributed by atoms with E-state index in [0.717, 1.165) is 17.4 Å². The predicted molar refractivity (Wildman–Crippen MR) is 105 cm³/mol. The van der Waals surface area contributed by atoms with Gasteiger partial charge in [-0.2, -0.15) is 0 Å². The van der Waals surface area contributed by atoms with E-state index in [1.165, 1.54) is 17.7 Å². The van der Waals surface area contributed by atoms with Gasteiger partial charge in [-0.15, -0.1) is 0 Å². The quantitative estimate of drug-likeness (QED) is 0.606. The van der Waals surface area contributed by atoms with E-state index >= 15 is 0 Å². The summed E-state index contributed by atoms with van der Waals surface area (Å²) in [5, 5.41) is 0.0799. The Balaban J connectivity index is 2.44. The summed E-state index contributed by atoms with van der Waals surface area (Å²) in [5.74, 6) is -0.634. The fourth-order valence-electron chi connectivity index (χ4n) is 3.00. The van der Waals surface area contributed by atoms with E-state index in [1.807, 2.05) is 6.92 Å². The monoisotopic (exact) mass is 382 g/mol.